The minimum atomic E-state index is 0.433. The quantitative estimate of drug-likeness (QED) is 0.864. The van der Waals surface area contributed by atoms with Crippen LogP contribution in [0.4, 0.5) is 0 Å². The molecule has 1 heterocycles. The number of hydrogen-bond donors (Lipinski definition) is 1. The predicted octanol–water partition coefficient (Wildman–Crippen LogP) is 4.15. The fourth-order valence-corrected chi connectivity index (χ4v) is 2.92. The van der Waals surface area contributed by atoms with Gasteiger partial charge in [0.15, 0.2) is 0 Å². The summed E-state index contributed by atoms with van der Waals surface area (Å²) in [7, 11) is 2.01. The van der Waals surface area contributed by atoms with Crippen LogP contribution >= 0.6 is 0 Å². The van der Waals surface area contributed by atoms with E-state index in [0.29, 0.717) is 6.04 Å². The number of hydrogen-bond acceptors (Lipinski definition) is 2. The summed E-state index contributed by atoms with van der Waals surface area (Å²) >= 11 is 0. The minimum Gasteiger partial charge on any atom is -0.310 e. The van der Waals surface area contributed by atoms with E-state index >= 15 is 0 Å². The first-order chi connectivity index (χ1) is 10.1. The Balaban J connectivity index is 2.37. The highest BCUT2D eigenvalue weighted by Gasteiger charge is 2.14. The number of nitrogens with one attached hydrogen (secondary N) is 1. The van der Waals surface area contributed by atoms with Crippen molar-refractivity contribution in [2.24, 2.45) is 7.05 Å². The van der Waals surface area contributed by atoms with Gasteiger partial charge < -0.3 is 5.32 Å². The van der Waals surface area contributed by atoms with Gasteiger partial charge in [-0.1, -0.05) is 32.0 Å². The van der Waals surface area contributed by atoms with Crippen molar-refractivity contribution in [2.45, 2.75) is 46.6 Å². The molecule has 3 heteroatoms. The second kappa shape index (κ2) is 6.90. The van der Waals surface area contributed by atoms with Gasteiger partial charge in [0, 0.05) is 24.3 Å². The average Bonchev–Trinajstić information content (AvgIpc) is 2.73. The average molecular weight is 285 g/mol. The zero-order chi connectivity index (χ0) is 15.4. The normalized spacial score (nSPS) is 12.6. The monoisotopic (exact) mass is 285 g/mol. The highest BCUT2D eigenvalue weighted by atomic mass is 15.3. The van der Waals surface area contributed by atoms with Crippen molar-refractivity contribution in [2.75, 3.05) is 6.54 Å². The van der Waals surface area contributed by atoms with Crippen LogP contribution in [-0.4, -0.2) is 16.3 Å². The molecule has 0 bridgehead atoms. The van der Waals surface area contributed by atoms with E-state index in [-0.39, 0.29) is 0 Å². The topological polar surface area (TPSA) is 29.9 Å². The lowest BCUT2D eigenvalue weighted by Crippen LogP contribution is -2.21. The molecule has 1 N–H and O–H groups in total. The Labute approximate surface area is 128 Å². The molecule has 0 aliphatic rings. The molecule has 0 radical (unpaired) electrons. The van der Waals surface area contributed by atoms with Gasteiger partial charge in [-0.2, -0.15) is 5.10 Å². The van der Waals surface area contributed by atoms with Crippen LogP contribution in [0.5, 0.6) is 0 Å². The Morgan fingerprint density at radius 1 is 1.24 bits per heavy atom. The molecule has 114 valence electrons. The van der Waals surface area contributed by atoms with E-state index in [1.54, 1.807) is 0 Å². The van der Waals surface area contributed by atoms with Gasteiger partial charge in [0.2, 0.25) is 0 Å². The van der Waals surface area contributed by atoms with E-state index in [9.17, 15) is 0 Å². The summed E-state index contributed by atoms with van der Waals surface area (Å²) in [5.74, 6) is 0. The van der Waals surface area contributed by atoms with Crippen molar-refractivity contribution < 1.29 is 0 Å². The van der Waals surface area contributed by atoms with Crippen molar-refractivity contribution in [3.63, 3.8) is 0 Å². The molecule has 2 aromatic rings. The summed E-state index contributed by atoms with van der Waals surface area (Å²) in [4.78, 5) is 0. The SMILES string of the molecule is CCCNC(CC)c1cccc(-c2c(C)nn(C)c2C)c1. The third-order valence-corrected chi connectivity index (χ3v) is 4.14. The van der Waals surface area contributed by atoms with E-state index < -0.39 is 0 Å². The van der Waals surface area contributed by atoms with Crippen molar-refractivity contribution in [1.82, 2.24) is 15.1 Å². The molecule has 0 amide bonds. The van der Waals surface area contributed by atoms with Gasteiger partial charge in [-0.3, -0.25) is 4.68 Å². The van der Waals surface area contributed by atoms with Gasteiger partial charge in [0.25, 0.3) is 0 Å². The molecule has 0 fully saturated rings. The maximum atomic E-state index is 4.53. The fraction of sp³-hybridized carbons (Fsp3) is 0.500. The van der Waals surface area contributed by atoms with Crippen molar-refractivity contribution in [3.8, 4) is 11.1 Å². The van der Waals surface area contributed by atoms with Crippen LogP contribution in [0.1, 0.15) is 49.7 Å². The summed E-state index contributed by atoms with van der Waals surface area (Å²) < 4.78 is 1.96. The van der Waals surface area contributed by atoms with Crippen LogP contribution in [0.3, 0.4) is 0 Å². The van der Waals surface area contributed by atoms with Gasteiger partial charge in [0.05, 0.1) is 5.69 Å². The number of aromatic nitrogens is 2. The maximum absolute atomic E-state index is 4.53. The summed E-state index contributed by atoms with van der Waals surface area (Å²) in [6, 6.07) is 9.32. The van der Waals surface area contributed by atoms with Crippen molar-refractivity contribution >= 4 is 0 Å². The molecular formula is C18H27N3. The molecule has 0 saturated carbocycles. The molecule has 1 unspecified atom stereocenters. The molecule has 3 nitrogen and oxygen atoms in total. The lowest BCUT2D eigenvalue weighted by atomic mass is 9.97. The molecule has 1 atom stereocenters. The Hall–Kier alpha value is -1.61. The third-order valence-electron chi connectivity index (χ3n) is 4.14. The molecule has 2 rings (SSSR count). The zero-order valence-electron chi connectivity index (χ0n) is 13.9. The van der Waals surface area contributed by atoms with Crippen LogP contribution in [0.2, 0.25) is 0 Å². The molecule has 0 aliphatic heterocycles. The zero-order valence-corrected chi connectivity index (χ0v) is 13.9. The Bertz CT molecular complexity index is 599. The molecule has 0 spiro atoms. The Morgan fingerprint density at radius 3 is 2.57 bits per heavy atom. The van der Waals surface area contributed by atoms with Crippen molar-refractivity contribution in [3.05, 3.63) is 41.2 Å². The Kier molecular flexibility index (Phi) is 5.18. The second-order valence-corrected chi connectivity index (χ2v) is 5.71. The number of benzene rings is 1. The number of nitrogens with zero attached hydrogens (tertiary/aromatic N) is 2. The lowest BCUT2D eigenvalue weighted by molar-refractivity contribution is 0.518. The first kappa shape index (κ1) is 15.8. The van der Waals surface area contributed by atoms with E-state index in [4.69, 9.17) is 0 Å². The molecule has 0 aliphatic carbocycles. The summed E-state index contributed by atoms with van der Waals surface area (Å²) in [6.45, 7) is 9.73. The predicted molar refractivity (Wildman–Crippen MR) is 89.4 cm³/mol. The van der Waals surface area contributed by atoms with Gasteiger partial charge in [-0.25, -0.2) is 0 Å². The minimum absolute atomic E-state index is 0.433. The highest BCUT2D eigenvalue weighted by Crippen LogP contribution is 2.29. The van der Waals surface area contributed by atoms with E-state index in [1.165, 1.54) is 22.4 Å². The first-order valence-corrected chi connectivity index (χ1v) is 7.92. The number of rotatable bonds is 6. The maximum Gasteiger partial charge on any atom is 0.0674 e. The lowest BCUT2D eigenvalue weighted by Gasteiger charge is -2.18. The van der Waals surface area contributed by atoms with Crippen LogP contribution in [0.25, 0.3) is 11.1 Å². The fourth-order valence-electron chi connectivity index (χ4n) is 2.92. The largest absolute Gasteiger partial charge is 0.310 e. The summed E-state index contributed by atoms with van der Waals surface area (Å²) in [5, 5.41) is 8.16. The van der Waals surface area contributed by atoms with E-state index in [1.807, 2.05) is 11.7 Å². The van der Waals surface area contributed by atoms with Gasteiger partial charge in [-0.05, 0) is 50.4 Å². The number of aryl methyl sites for hydroxylation is 2. The molecule has 1 aromatic carbocycles. The standard InChI is InChI=1S/C18H27N3/c1-6-11-19-17(7-2)15-9-8-10-16(12-15)18-13(3)20-21(5)14(18)4/h8-10,12,17,19H,6-7,11H2,1-5H3. The van der Waals surface area contributed by atoms with Crippen LogP contribution in [0.15, 0.2) is 24.3 Å². The second-order valence-electron chi connectivity index (χ2n) is 5.71. The van der Waals surface area contributed by atoms with E-state index in [2.05, 4.69) is 62.4 Å². The molecular weight excluding hydrogens is 258 g/mol. The van der Waals surface area contributed by atoms with Gasteiger partial charge >= 0.3 is 0 Å². The van der Waals surface area contributed by atoms with Crippen LogP contribution in [0, 0.1) is 13.8 Å². The van der Waals surface area contributed by atoms with E-state index in [0.717, 1.165) is 25.1 Å². The van der Waals surface area contributed by atoms with Gasteiger partial charge in [-0.15, -0.1) is 0 Å². The van der Waals surface area contributed by atoms with Gasteiger partial charge in [0.1, 0.15) is 0 Å². The molecule has 0 saturated heterocycles. The summed E-state index contributed by atoms with van der Waals surface area (Å²) in [6.07, 6.45) is 2.27. The Morgan fingerprint density at radius 2 is 2.00 bits per heavy atom. The van der Waals surface area contributed by atoms with Crippen LogP contribution in [-0.2, 0) is 7.05 Å². The summed E-state index contributed by atoms with van der Waals surface area (Å²) in [5.41, 5.74) is 6.23. The first-order valence-electron chi connectivity index (χ1n) is 7.92. The van der Waals surface area contributed by atoms with Crippen LogP contribution < -0.4 is 5.32 Å². The highest BCUT2D eigenvalue weighted by molar-refractivity contribution is 5.69. The smallest absolute Gasteiger partial charge is 0.0674 e. The molecule has 1 aromatic heterocycles. The van der Waals surface area contributed by atoms with Crippen molar-refractivity contribution in [1.29, 1.82) is 0 Å². The molecule has 21 heavy (non-hydrogen) atoms. The third kappa shape index (κ3) is 3.35.